The van der Waals surface area contributed by atoms with Crippen LogP contribution in [0.1, 0.15) is 26.7 Å². The molecule has 3 N–H and O–H groups in total. The van der Waals surface area contributed by atoms with Crippen molar-refractivity contribution < 1.29 is 9.84 Å². The van der Waals surface area contributed by atoms with Crippen LogP contribution >= 0.6 is 0 Å². The van der Waals surface area contributed by atoms with Crippen LogP contribution in [0.2, 0.25) is 0 Å². The maximum atomic E-state index is 11.4. The molecule has 0 radical (unpaired) electrons. The van der Waals surface area contributed by atoms with Crippen LogP contribution in [0.4, 0.5) is 5.82 Å². The van der Waals surface area contributed by atoms with Gasteiger partial charge in [0.2, 0.25) is 5.75 Å². The van der Waals surface area contributed by atoms with Crippen LogP contribution in [-0.2, 0) is 0 Å². The van der Waals surface area contributed by atoms with Gasteiger partial charge in [0.05, 0.1) is 19.0 Å². The molecule has 0 atom stereocenters. The Morgan fingerprint density at radius 1 is 1.53 bits per heavy atom. The molecule has 96 valence electrons. The van der Waals surface area contributed by atoms with Crippen LogP contribution in [0, 0.1) is 0 Å². The van der Waals surface area contributed by atoms with Crippen molar-refractivity contribution in [3.8, 4) is 5.75 Å². The molecule has 0 aromatic carbocycles. The molecule has 0 aliphatic heterocycles. The van der Waals surface area contributed by atoms with Gasteiger partial charge in [0.25, 0.3) is 5.56 Å². The number of rotatable bonds is 6. The van der Waals surface area contributed by atoms with Crippen LogP contribution in [0.5, 0.6) is 5.75 Å². The van der Waals surface area contributed by atoms with Crippen LogP contribution < -0.4 is 15.6 Å². The minimum absolute atomic E-state index is 0.127. The molecule has 6 heteroatoms. The van der Waals surface area contributed by atoms with E-state index in [9.17, 15) is 9.90 Å². The molecule has 0 aliphatic carbocycles. The Morgan fingerprint density at radius 3 is 2.71 bits per heavy atom. The molecule has 1 heterocycles. The summed E-state index contributed by atoms with van der Waals surface area (Å²) in [4.78, 5) is 17.8. The molecule has 0 spiro atoms. The molecule has 1 aromatic heterocycles. The van der Waals surface area contributed by atoms with E-state index in [1.807, 2.05) is 13.8 Å². The number of aliphatic hydroxyl groups is 1. The molecule has 0 unspecified atom stereocenters. The summed E-state index contributed by atoms with van der Waals surface area (Å²) in [5.41, 5.74) is -1.14. The predicted octanol–water partition coefficient (Wildman–Crippen LogP) is 0.741. The average molecular weight is 241 g/mol. The number of nitrogens with zero attached hydrogens (tertiary/aromatic N) is 1. The van der Waals surface area contributed by atoms with Gasteiger partial charge < -0.3 is 20.1 Å². The Hall–Kier alpha value is -1.56. The van der Waals surface area contributed by atoms with E-state index in [2.05, 4.69) is 15.3 Å². The summed E-state index contributed by atoms with van der Waals surface area (Å²) in [7, 11) is 1.41. The highest BCUT2D eigenvalue weighted by Gasteiger charge is 2.22. The Labute approximate surface area is 100 Å². The van der Waals surface area contributed by atoms with Crippen LogP contribution in [0.25, 0.3) is 0 Å². The number of hydrogen-bond donors (Lipinski definition) is 3. The SMILES string of the molecule is CCC(O)(CC)CNc1nc[nH]c(=O)c1OC. The van der Waals surface area contributed by atoms with Gasteiger partial charge in [-0.2, -0.15) is 0 Å². The topological polar surface area (TPSA) is 87.2 Å². The number of nitrogens with one attached hydrogen (secondary N) is 2. The third-order valence-electron chi connectivity index (χ3n) is 2.92. The Morgan fingerprint density at radius 2 is 2.18 bits per heavy atom. The number of aromatic nitrogens is 2. The number of methoxy groups -OCH3 is 1. The van der Waals surface area contributed by atoms with E-state index in [-0.39, 0.29) is 11.3 Å². The Balaban J connectivity index is 2.82. The van der Waals surface area contributed by atoms with Crippen molar-refractivity contribution in [3.63, 3.8) is 0 Å². The number of aromatic amines is 1. The molecule has 0 saturated heterocycles. The second kappa shape index (κ2) is 5.67. The lowest BCUT2D eigenvalue weighted by Crippen LogP contribution is -2.36. The number of anilines is 1. The average Bonchev–Trinajstić information content (AvgIpc) is 2.36. The highest BCUT2D eigenvalue weighted by atomic mass is 16.5. The fourth-order valence-electron chi connectivity index (χ4n) is 1.45. The minimum Gasteiger partial charge on any atom is -0.489 e. The minimum atomic E-state index is -0.796. The van der Waals surface area contributed by atoms with Gasteiger partial charge in [0.15, 0.2) is 5.82 Å². The van der Waals surface area contributed by atoms with Gasteiger partial charge in [-0.05, 0) is 12.8 Å². The molecule has 1 rings (SSSR count). The van der Waals surface area contributed by atoms with Crippen molar-refractivity contribution in [1.82, 2.24) is 9.97 Å². The molecule has 0 aliphatic rings. The first-order chi connectivity index (χ1) is 8.06. The molecule has 1 aromatic rings. The van der Waals surface area contributed by atoms with Gasteiger partial charge >= 0.3 is 0 Å². The van der Waals surface area contributed by atoms with Crippen LogP contribution in [0.3, 0.4) is 0 Å². The van der Waals surface area contributed by atoms with E-state index in [4.69, 9.17) is 4.74 Å². The first-order valence-corrected chi connectivity index (χ1v) is 5.64. The van der Waals surface area contributed by atoms with Crippen molar-refractivity contribution in [3.05, 3.63) is 16.7 Å². The monoisotopic (exact) mass is 241 g/mol. The standard InChI is InChI=1S/C11H19N3O3/c1-4-11(16,5-2)6-12-9-8(17-3)10(15)14-7-13-9/h7,16H,4-6H2,1-3H3,(H2,12,13,14,15). The van der Waals surface area contributed by atoms with Crippen LogP contribution in [-0.4, -0.2) is 34.3 Å². The summed E-state index contributed by atoms with van der Waals surface area (Å²) in [6, 6.07) is 0. The largest absolute Gasteiger partial charge is 0.489 e. The zero-order valence-corrected chi connectivity index (χ0v) is 10.4. The lowest BCUT2D eigenvalue weighted by atomic mass is 9.98. The molecular formula is C11H19N3O3. The zero-order chi connectivity index (χ0) is 12.9. The lowest BCUT2D eigenvalue weighted by molar-refractivity contribution is 0.0456. The normalized spacial score (nSPS) is 11.3. The lowest BCUT2D eigenvalue weighted by Gasteiger charge is -2.25. The third kappa shape index (κ3) is 3.20. The van der Waals surface area contributed by atoms with Crippen molar-refractivity contribution >= 4 is 5.82 Å². The molecule has 0 saturated carbocycles. The highest BCUT2D eigenvalue weighted by Crippen LogP contribution is 2.19. The van der Waals surface area contributed by atoms with E-state index in [0.717, 1.165) is 0 Å². The summed E-state index contributed by atoms with van der Waals surface area (Å²) in [5.74, 6) is 0.471. The first-order valence-electron chi connectivity index (χ1n) is 5.64. The van der Waals surface area contributed by atoms with Gasteiger partial charge in [-0.25, -0.2) is 4.98 Å². The Bertz CT molecular complexity index is 413. The Kier molecular flexibility index (Phi) is 4.51. The van der Waals surface area contributed by atoms with E-state index in [0.29, 0.717) is 25.2 Å². The van der Waals surface area contributed by atoms with Crippen molar-refractivity contribution in [2.45, 2.75) is 32.3 Å². The zero-order valence-electron chi connectivity index (χ0n) is 10.4. The van der Waals surface area contributed by atoms with Crippen molar-refractivity contribution in [2.75, 3.05) is 19.0 Å². The van der Waals surface area contributed by atoms with Gasteiger partial charge in [0, 0.05) is 6.54 Å². The smallest absolute Gasteiger partial charge is 0.295 e. The number of ether oxygens (including phenoxy) is 1. The van der Waals surface area contributed by atoms with E-state index < -0.39 is 5.60 Å². The van der Waals surface area contributed by atoms with E-state index in [1.54, 1.807) is 0 Å². The summed E-state index contributed by atoms with van der Waals surface area (Å²) < 4.78 is 4.96. The third-order valence-corrected chi connectivity index (χ3v) is 2.92. The van der Waals surface area contributed by atoms with E-state index in [1.165, 1.54) is 13.4 Å². The summed E-state index contributed by atoms with van der Waals surface area (Å²) >= 11 is 0. The summed E-state index contributed by atoms with van der Waals surface area (Å²) in [6.07, 6.45) is 2.55. The van der Waals surface area contributed by atoms with Crippen LogP contribution in [0.15, 0.2) is 11.1 Å². The van der Waals surface area contributed by atoms with Crippen molar-refractivity contribution in [1.29, 1.82) is 0 Å². The van der Waals surface area contributed by atoms with E-state index >= 15 is 0 Å². The fraction of sp³-hybridized carbons (Fsp3) is 0.636. The predicted molar refractivity (Wildman–Crippen MR) is 65.4 cm³/mol. The quantitative estimate of drug-likeness (QED) is 0.684. The maximum Gasteiger partial charge on any atom is 0.295 e. The second-order valence-electron chi connectivity index (χ2n) is 3.90. The maximum absolute atomic E-state index is 11.4. The van der Waals surface area contributed by atoms with Gasteiger partial charge in [-0.15, -0.1) is 0 Å². The summed E-state index contributed by atoms with van der Waals surface area (Å²) in [5, 5.41) is 13.0. The number of H-pyrrole nitrogens is 1. The molecule has 0 fully saturated rings. The molecular weight excluding hydrogens is 222 g/mol. The molecule has 17 heavy (non-hydrogen) atoms. The highest BCUT2D eigenvalue weighted by molar-refractivity contribution is 5.48. The van der Waals surface area contributed by atoms with Gasteiger partial charge in [-0.1, -0.05) is 13.8 Å². The molecule has 0 amide bonds. The molecule has 6 nitrogen and oxygen atoms in total. The summed E-state index contributed by atoms with van der Waals surface area (Å²) in [6.45, 7) is 4.15. The first kappa shape index (κ1) is 13.5. The van der Waals surface area contributed by atoms with Gasteiger partial charge in [0.1, 0.15) is 0 Å². The van der Waals surface area contributed by atoms with Crippen molar-refractivity contribution in [2.24, 2.45) is 0 Å². The second-order valence-corrected chi connectivity index (χ2v) is 3.90. The van der Waals surface area contributed by atoms with Gasteiger partial charge in [-0.3, -0.25) is 4.79 Å². The molecule has 0 bridgehead atoms. The number of hydrogen-bond acceptors (Lipinski definition) is 5. The fourth-order valence-corrected chi connectivity index (χ4v) is 1.45.